The Labute approximate surface area is 138 Å². The van der Waals surface area contributed by atoms with Crippen LogP contribution in [0.3, 0.4) is 0 Å². The van der Waals surface area contributed by atoms with Crippen molar-refractivity contribution in [3.05, 3.63) is 29.6 Å². The number of hydrogen-bond acceptors (Lipinski definition) is 3. The van der Waals surface area contributed by atoms with Crippen molar-refractivity contribution in [2.24, 2.45) is 9.98 Å². The van der Waals surface area contributed by atoms with Crippen LogP contribution in [0, 0.1) is 0 Å². The maximum Gasteiger partial charge on any atom is 3.00 e. The summed E-state index contributed by atoms with van der Waals surface area (Å²) in [6.45, 7) is 3.90. The first-order chi connectivity index (χ1) is 6.69. The first kappa shape index (κ1) is 26.4. The van der Waals surface area contributed by atoms with Gasteiger partial charge in [-0.1, -0.05) is 6.07 Å². The van der Waals surface area contributed by atoms with E-state index in [0.717, 1.165) is 22.8 Å². The molecule has 1 radical (unpaired) electrons. The zero-order chi connectivity index (χ0) is 10.6. The smallest absolute Gasteiger partial charge is 1.00 e. The van der Waals surface area contributed by atoms with E-state index in [1.807, 2.05) is 32.0 Å². The predicted molar refractivity (Wildman–Crippen MR) is 60.5 cm³/mol. The van der Waals surface area contributed by atoms with Crippen molar-refractivity contribution in [2.45, 2.75) is 13.8 Å². The van der Waals surface area contributed by atoms with Crippen LogP contribution in [0.15, 0.2) is 28.2 Å². The molecule has 0 aromatic carbocycles. The quantitative estimate of drug-likeness (QED) is 0.386. The fourth-order valence-electron chi connectivity index (χ4n) is 1.07. The van der Waals surface area contributed by atoms with Gasteiger partial charge in [0, 0.05) is 14.1 Å². The molecule has 0 aliphatic rings. The Balaban J connectivity index is -0.000000245. The summed E-state index contributed by atoms with van der Waals surface area (Å²) in [7, 11) is 3.54. The van der Waals surface area contributed by atoms with E-state index in [0.29, 0.717) is 0 Å². The Morgan fingerprint density at radius 2 is 1.22 bits per heavy atom. The molecular formula is C11H15Cl3FeN3. The molecule has 0 bridgehead atoms. The van der Waals surface area contributed by atoms with E-state index < -0.39 is 0 Å². The average Bonchev–Trinajstić information content (AvgIpc) is 2.27. The summed E-state index contributed by atoms with van der Waals surface area (Å²) in [5.74, 6) is 0. The number of halogens is 3. The first-order valence-electron chi connectivity index (χ1n) is 4.53. The summed E-state index contributed by atoms with van der Waals surface area (Å²) in [6, 6.07) is 5.88. The van der Waals surface area contributed by atoms with Gasteiger partial charge in [-0.05, 0) is 26.0 Å². The van der Waals surface area contributed by atoms with Crippen LogP contribution in [0.2, 0.25) is 0 Å². The molecule has 0 saturated heterocycles. The molecular weight excluding hydrogens is 336 g/mol. The number of hydrogen-bond donors (Lipinski definition) is 0. The van der Waals surface area contributed by atoms with E-state index in [2.05, 4.69) is 15.0 Å². The van der Waals surface area contributed by atoms with Crippen LogP contribution in [-0.2, 0) is 17.1 Å². The Hall–Kier alpha value is -0.121. The fourth-order valence-corrected chi connectivity index (χ4v) is 1.07. The van der Waals surface area contributed by atoms with E-state index in [9.17, 15) is 0 Å². The van der Waals surface area contributed by atoms with Gasteiger partial charge in [0.25, 0.3) is 0 Å². The molecule has 7 heteroatoms. The largest absolute Gasteiger partial charge is 3.00 e. The molecule has 1 aromatic heterocycles. The minimum Gasteiger partial charge on any atom is -1.00 e. The molecule has 0 spiro atoms. The van der Waals surface area contributed by atoms with E-state index in [1.165, 1.54) is 0 Å². The molecule has 18 heavy (non-hydrogen) atoms. The number of aromatic nitrogens is 1. The van der Waals surface area contributed by atoms with Crippen LogP contribution in [0.25, 0.3) is 0 Å². The normalized spacial score (nSPS) is 10.2. The molecule has 0 fully saturated rings. The van der Waals surface area contributed by atoms with Gasteiger partial charge >= 0.3 is 17.1 Å². The van der Waals surface area contributed by atoms with Gasteiger partial charge < -0.3 is 37.2 Å². The summed E-state index contributed by atoms with van der Waals surface area (Å²) in [5.41, 5.74) is 3.70. The van der Waals surface area contributed by atoms with Crippen molar-refractivity contribution in [3.63, 3.8) is 0 Å². The molecule has 0 unspecified atom stereocenters. The SMILES string of the molecule is CN=C(C)c1cccc(C(C)=NC)n1.[Cl-].[Cl-].[Cl-].[Fe+3]. The van der Waals surface area contributed by atoms with Gasteiger partial charge in [0.15, 0.2) is 0 Å². The van der Waals surface area contributed by atoms with Gasteiger partial charge in [0.05, 0.1) is 22.8 Å². The van der Waals surface area contributed by atoms with Crippen molar-refractivity contribution in [3.8, 4) is 0 Å². The Bertz CT molecular complexity index is 362. The number of rotatable bonds is 2. The van der Waals surface area contributed by atoms with Crippen molar-refractivity contribution in [2.75, 3.05) is 14.1 Å². The fraction of sp³-hybridized carbons (Fsp3) is 0.364. The van der Waals surface area contributed by atoms with Gasteiger partial charge in [0.2, 0.25) is 0 Å². The summed E-state index contributed by atoms with van der Waals surface area (Å²) < 4.78 is 0. The molecule has 0 N–H and O–H groups in total. The number of aliphatic imine (C=N–C) groups is 2. The van der Waals surface area contributed by atoms with Crippen LogP contribution in [-0.4, -0.2) is 30.5 Å². The molecule has 1 heterocycles. The number of nitrogens with zero attached hydrogens (tertiary/aromatic N) is 3. The van der Waals surface area contributed by atoms with Gasteiger partial charge in [-0.15, -0.1) is 0 Å². The molecule has 1 aromatic rings. The second-order valence-corrected chi connectivity index (χ2v) is 3.03. The molecule has 103 valence electrons. The van der Waals surface area contributed by atoms with Crippen LogP contribution in [0.5, 0.6) is 0 Å². The van der Waals surface area contributed by atoms with Crippen molar-refractivity contribution in [1.82, 2.24) is 4.98 Å². The molecule has 0 saturated carbocycles. The Morgan fingerprint density at radius 3 is 1.50 bits per heavy atom. The van der Waals surface area contributed by atoms with Gasteiger partial charge in [-0.25, -0.2) is 4.98 Å². The van der Waals surface area contributed by atoms with E-state index in [1.54, 1.807) is 14.1 Å². The van der Waals surface area contributed by atoms with Crippen LogP contribution in [0.1, 0.15) is 25.2 Å². The van der Waals surface area contributed by atoms with Crippen LogP contribution >= 0.6 is 0 Å². The molecule has 0 atom stereocenters. The molecule has 3 nitrogen and oxygen atoms in total. The third-order valence-corrected chi connectivity index (χ3v) is 2.16. The van der Waals surface area contributed by atoms with Crippen molar-refractivity contribution < 1.29 is 54.3 Å². The summed E-state index contributed by atoms with van der Waals surface area (Å²) in [6.07, 6.45) is 0. The standard InChI is InChI=1S/C11H15N3.3ClH.Fe/c1-8(12-3)10-6-5-7-11(14-10)9(2)13-4;;;;/h5-7H,1-4H3;3*1H;/q;;;;+3/p-3. The zero-order valence-corrected chi connectivity index (χ0v) is 13.9. The zero-order valence-electron chi connectivity index (χ0n) is 10.6. The van der Waals surface area contributed by atoms with Gasteiger partial charge in [-0.2, -0.15) is 0 Å². The monoisotopic (exact) mass is 350 g/mol. The van der Waals surface area contributed by atoms with Crippen molar-refractivity contribution >= 4 is 11.4 Å². The second-order valence-electron chi connectivity index (χ2n) is 3.03. The summed E-state index contributed by atoms with van der Waals surface area (Å²) >= 11 is 0. The van der Waals surface area contributed by atoms with Gasteiger partial charge in [-0.3, -0.25) is 9.98 Å². The van der Waals surface area contributed by atoms with Gasteiger partial charge in [0.1, 0.15) is 0 Å². The van der Waals surface area contributed by atoms with E-state index >= 15 is 0 Å². The second kappa shape index (κ2) is 13.3. The maximum atomic E-state index is 4.45. The summed E-state index contributed by atoms with van der Waals surface area (Å²) in [5, 5.41) is 0. The van der Waals surface area contributed by atoms with E-state index in [4.69, 9.17) is 0 Å². The van der Waals surface area contributed by atoms with E-state index in [-0.39, 0.29) is 54.3 Å². The third-order valence-electron chi connectivity index (χ3n) is 2.16. The molecule has 0 amide bonds. The minimum absolute atomic E-state index is 0. The van der Waals surface area contributed by atoms with Crippen LogP contribution in [0.4, 0.5) is 0 Å². The molecule has 0 aliphatic heterocycles. The molecule has 1 rings (SSSR count). The number of pyridine rings is 1. The Kier molecular flexibility index (Phi) is 19.6. The Morgan fingerprint density at radius 1 is 0.889 bits per heavy atom. The minimum atomic E-state index is 0. The third kappa shape index (κ3) is 7.34. The average molecular weight is 351 g/mol. The maximum absolute atomic E-state index is 4.45. The molecule has 0 aliphatic carbocycles. The topological polar surface area (TPSA) is 37.6 Å². The predicted octanol–water partition coefficient (Wildman–Crippen LogP) is -7.03. The first-order valence-corrected chi connectivity index (χ1v) is 4.53. The summed E-state index contributed by atoms with van der Waals surface area (Å²) in [4.78, 5) is 12.7. The van der Waals surface area contributed by atoms with Crippen molar-refractivity contribution in [1.29, 1.82) is 0 Å². The van der Waals surface area contributed by atoms with Crippen LogP contribution < -0.4 is 37.2 Å².